The molecule has 20 heavy (non-hydrogen) atoms. The first-order valence-corrected chi connectivity index (χ1v) is 7.95. The van der Waals surface area contributed by atoms with Crippen LogP contribution in [0.25, 0.3) is 0 Å². The number of piperidine rings is 1. The monoisotopic (exact) mass is 281 g/mol. The lowest BCUT2D eigenvalue weighted by atomic mass is 10.0. The predicted molar refractivity (Wildman–Crippen MR) is 78.4 cm³/mol. The number of urea groups is 1. The van der Waals surface area contributed by atoms with Crippen LogP contribution in [0.1, 0.15) is 58.8 Å². The van der Waals surface area contributed by atoms with Crippen molar-refractivity contribution in [3.05, 3.63) is 0 Å². The highest BCUT2D eigenvalue weighted by Crippen LogP contribution is 2.18. The van der Waals surface area contributed by atoms with Crippen molar-refractivity contribution in [1.82, 2.24) is 15.5 Å². The quantitative estimate of drug-likeness (QED) is 0.831. The summed E-state index contributed by atoms with van der Waals surface area (Å²) in [7, 11) is 0. The smallest absolute Gasteiger partial charge is 0.315 e. The molecule has 1 aliphatic heterocycles. The van der Waals surface area contributed by atoms with Crippen molar-refractivity contribution in [3.63, 3.8) is 0 Å². The summed E-state index contributed by atoms with van der Waals surface area (Å²) in [5.41, 5.74) is 0. The first kappa shape index (κ1) is 15.1. The molecule has 2 atom stereocenters. The summed E-state index contributed by atoms with van der Waals surface area (Å²) < 4.78 is 0. The van der Waals surface area contributed by atoms with Crippen LogP contribution in [0.5, 0.6) is 0 Å². The number of hydrogen-bond donors (Lipinski definition) is 2. The van der Waals surface area contributed by atoms with Gasteiger partial charge in [0.1, 0.15) is 6.04 Å². The van der Waals surface area contributed by atoms with Crippen LogP contribution < -0.4 is 10.6 Å². The van der Waals surface area contributed by atoms with E-state index in [0.29, 0.717) is 6.04 Å². The van der Waals surface area contributed by atoms with Crippen LogP contribution in [0.15, 0.2) is 0 Å². The Hall–Kier alpha value is -1.26. The molecular weight excluding hydrogens is 254 g/mol. The normalized spacial score (nSPS) is 25.3. The van der Waals surface area contributed by atoms with Gasteiger partial charge >= 0.3 is 6.03 Å². The molecule has 114 valence electrons. The third kappa shape index (κ3) is 3.87. The molecule has 0 bridgehead atoms. The predicted octanol–water partition coefficient (Wildman–Crippen LogP) is 2.02. The Morgan fingerprint density at radius 2 is 1.75 bits per heavy atom. The Kier molecular flexibility index (Phi) is 5.26. The number of carbonyl (C=O) groups excluding carboxylic acids is 2. The third-order valence-electron chi connectivity index (χ3n) is 4.49. The minimum Gasteiger partial charge on any atom is -0.338 e. The van der Waals surface area contributed by atoms with E-state index in [-0.39, 0.29) is 18.0 Å². The fourth-order valence-corrected chi connectivity index (χ4v) is 3.23. The van der Waals surface area contributed by atoms with E-state index in [4.69, 9.17) is 0 Å². The standard InChI is InChI=1S/C15H27N3O2/c1-11-7-5-6-10-18(11)14(19)12(2)16-15(20)17-13-8-3-4-9-13/h11-13H,3-10H2,1-2H3,(H2,16,17,20). The van der Waals surface area contributed by atoms with Crippen molar-refractivity contribution in [2.75, 3.05) is 6.54 Å². The van der Waals surface area contributed by atoms with Crippen molar-refractivity contribution in [3.8, 4) is 0 Å². The van der Waals surface area contributed by atoms with Crippen LogP contribution in [-0.2, 0) is 4.79 Å². The zero-order valence-electron chi connectivity index (χ0n) is 12.7. The van der Waals surface area contributed by atoms with Gasteiger partial charge in [0.15, 0.2) is 0 Å². The molecule has 2 N–H and O–H groups in total. The molecule has 2 aliphatic rings. The molecule has 1 aliphatic carbocycles. The largest absolute Gasteiger partial charge is 0.338 e. The molecule has 2 rings (SSSR count). The van der Waals surface area contributed by atoms with Gasteiger partial charge in [-0.25, -0.2) is 4.79 Å². The van der Waals surface area contributed by atoms with Crippen LogP contribution in [0.3, 0.4) is 0 Å². The van der Waals surface area contributed by atoms with E-state index < -0.39 is 6.04 Å². The Labute approximate surface area is 121 Å². The molecule has 5 heteroatoms. The number of nitrogens with zero attached hydrogens (tertiary/aromatic N) is 1. The van der Waals surface area contributed by atoms with E-state index in [0.717, 1.165) is 32.2 Å². The zero-order chi connectivity index (χ0) is 14.5. The molecule has 1 saturated carbocycles. The van der Waals surface area contributed by atoms with Gasteiger partial charge in [0.25, 0.3) is 0 Å². The molecule has 2 fully saturated rings. The summed E-state index contributed by atoms with van der Waals surface area (Å²) in [6, 6.07) is -0.0797. The molecule has 1 saturated heterocycles. The highest BCUT2D eigenvalue weighted by Gasteiger charge is 2.28. The van der Waals surface area contributed by atoms with E-state index in [1.165, 1.54) is 19.3 Å². The first-order chi connectivity index (χ1) is 9.58. The Morgan fingerprint density at radius 3 is 2.40 bits per heavy atom. The second-order valence-corrected chi connectivity index (χ2v) is 6.20. The van der Waals surface area contributed by atoms with Gasteiger partial charge in [-0.15, -0.1) is 0 Å². The van der Waals surface area contributed by atoms with Crippen LogP contribution in [0.2, 0.25) is 0 Å². The molecule has 0 aromatic rings. The summed E-state index contributed by atoms with van der Waals surface area (Å²) in [5.74, 6) is 0.0405. The van der Waals surface area contributed by atoms with Crippen molar-refractivity contribution < 1.29 is 9.59 Å². The molecule has 0 radical (unpaired) electrons. The molecule has 0 aromatic heterocycles. The second kappa shape index (κ2) is 6.95. The van der Waals surface area contributed by atoms with Crippen LogP contribution >= 0.6 is 0 Å². The minimum absolute atomic E-state index is 0.0405. The van der Waals surface area contributed by atoms with Crippen molar-refractivity contribution in [2.24, 2.45) is 0 Å². The fourth-order valence-electron chi connectivity index (χ4n) is 3.23. The second-order valence-electron chi connectivity index (χ2n) is 6.20. The number of nitrogens with one attached hydrogen (secondary N) is 2. The maximum atomic E-state index is 12.4. The third-order valence-corrected chi connectivity index (χ3v) is 4.49. The first-order valence-electron chi connectivity index (χ1n) is 7.95. The van der Waals surface area contributed by atoms with E-state index in [1.54, 1.807) is 6.92 Å². The number of likely N-dealkylation sites (tertiary alicyclic amines) is 1. The number of amides is 3. The van der Waals surface area contributed by atoms with Gasteiger partial charge < -0.3 is 15.5 Å². The molecule has 3 amide bonds. The summed E-state index contributed by atoms with van der Waals surface area (Å²) >= 11 is 0. The average molecular weight is 281 g/mol. The number of hydrogen-bond acceptors (Lipinski definition) is 2. The topological polar surface area (TPSA) is 61.4 Å². The van der Waals surface area contributed by atoms with Crippen molar-refractivity contribution >= 4 is 11.9 Å². The van der Waals surface area contributed by atoms with Gasteiger partial charge in [-0.2, -0.15) is 0 Å². The van der Waals surface area contributed by atoms with E-state index >= 15 is 0 Å². The van der Waals surface area contributed by atoms with E-state index in [2.05, 4.69) is 17.6 Å². The minimum atomic E-state index is -0.447. The van der Waals surface area contributed by atoms with E-state index in [9.17, 15) is 9.59 Å². The lowest BCUT2D eigenvalue weighted by Gasteiger charge is -2.35. The van der Waals surface area contributed by atoms with Crippen molar-refractivity contribution in [2.45, 2.75) is 76.9 Å². The molecule has 5 nitrogen and oxygen atoms in total. The zero-order valence-corrected chi connectivity index (χ0v) is 12.7. The maximum absolute atomic E-state index is 12.4. The summed E-state index contributed by atoms with van der Waals surface area (Å²) in [6.07, 6.45) is 7.80. The lowest BCUT2D eigenvalue weighted by molar-refractivity contribution is -0.136. The van der Waals surface area contributed by atoms with E-state index in [1.807, 2.05) is 4.90 Å². The fraction of sp³-hybridized carbons (Fsp3) is 0.867. The Bertz CT molecular complexity index is 353. The molecule has 1 heterocycles. The van der Waals surface area contributed by atoms with Gasteiger partial charge in [-0.3, -0.25) is 4.79 Å². The SMILES string of the molecule is CC(NC(=O)NC1CCCC1)C(=O)N1CCCCC1C. The number of rotatable bonds is 3. The molecule has 0 spiro atoms. The molecule has 2 unspecified atom stereocenters. The van der Waals surface area contributed by atoms with Gasteiger partial charge in [-0.05, 0) is 46.0 Å². The summed E-state index contributed by atoms with van der Waals surface area (Å²) in [5, 5.41) is 5.74. The Balaban J connectivity index is 1.79. The highest BCUT2D eigenvalue weighted by molar-refractivity contribution is 5.87. The molecular formula is C15H27N3O2. The molecule has 0 aromatic carbocycles. The van der Waals surface area contributed by atoms with Crippen LogP contribution in [0.4, 0.5) is 4.79 Å². The Morgan fingerprint density at radius 1 is 1.10 bits per heavy atom. The maximum Gasteiger partial charge on any atom is 0.315 e. The van der Waals surface area contributed by atoms with Crippen LogP contribution in [-0.4, -0.2) is 41.5 Å². The average Bonchev–Trinajstić information content (AvgIpc) is 2.91. The highest BCUT2D eigenvalue weighted by atomic mass is 16.2. The van der Waals surface area contributed by atoms with Gasteiger partial charge in [0.2, 0.25) is 5.91 Å². The van der Waals surface area contributed by atoms with Crippen molar-refractivity contribution in [1.29, 1.82) is 0 Å². The van der Waals surface area contributed by atoms with Crippen LogP contribution in [0, 0.1) is 0 Å². The van der Waals surface area contributed by atoms with Gasteiger partial charge in [0, 0.05) is 18.6 Å². The van der Waals surface area contributed by atoms with Gasteiger partial charge in [0.05, 0.1) is 0 Å². The van der Waals surface area contributed by atoms with Gasteiger partial charge in [-0.1, -0.05) is 12.8 Å². The summed E-state index contributed by atoms with van der Waals surface area (Å²) in [6.45, 7) is 4.68. The lowest BCUT2D eigenvalue weighted by Crippen LogP contribution is -2.54. The summed E-state index contributed by atoms with van der Waals surface area (Å²) in [4.78, 5) is 26.2. The number of carbonyl (C=O) groups is 2.